The molecule has 0 bridgehead atoms. The van der Waals surface area contributed by atoms with Gasteiger partial charge >= 0.3 is 0 Å². The summed E-state index contributed by atoms with van der Waals surface area (Å²) in [6.45, 7) is 10.1. The number of aliphatic hydroxyl groups is 1. The van der Waals surface area contributed by atoms with E-state index in [-0.39, 0.29) is 6.10 Å². The minimum absolute atomic E-state index is 0.0903. The normalized spacial score (nSPS) is 12.6. The maximum Gasteiger partial charge on any atom is 0.191 e. The molecule has 6 nitrogen and oxygen atoms in total. The van der Waals surface area contributed by atoms with Crippen molar-refractivity contribution in [2.45, 2.75) is 46.4 Å². The molecule has 0 aromatic heterocycles. The van der Waals surface area contributed by atoms with Crippen molar-refractivity contribution in [3.63, 3.8) is 0 Å². The van der Waals surface area contributed by atoms with Gasteiger partial charge in [-0.25, -0.2) is 4.99 Å². The van der Waals surface area contributed by atoms with E-state index in [1.165, 1.54) is 0 Å². The number of benzene rings is 2. The van der Waals surface area contributed by atoms with Crippen molar-refractivity contribution in [3.05, 3.63) is 59.7 Å². The van der Waals surface area contributed by atoms with Crippen LogP contribution in [0.15, 0.2) is 53.5 Å². The molecular formula is C23H33N3O3. The van der Waals surface area contributed by atoms with Crippen LogP contribution in [-0.4, -0.2) is 36.9 Å². The van der Waals surface area contributed by atoms with Crippen molar-refractivity contribution in [2.24, 2.45) is 4.99 Å². The lowest BCUT2D eigenvalue weighted by Gasteiger charge is -2.17. The number of hydrogen-bond acceptors (Lipinski definition) is 4. The summed E-state index contributed by atoms with van der Waals surface area (Å²) in [5.74, 6) is 2.24. The van der Waals surface area contributed by atoms with E-state index < -0.39 is 6.10 Å². The molecule has 2 rings (SSSR count). The van der Waals surface area contributed by atoms with E-state index in [4.69, 9.17) is 9.47 Å². The molecule has 158 valence electrons. The highest BCUT2D eigenvalue weighted by Gasteiger charge is 2.10. The topological polar surface area (TPSA) is 75.1 Å². The van der Waals surface area contributed by atoms with Crippen molar-refractivity contribution < 1.29 is 14.6 Å². The van der Waals surface area contributed by atoms with Crippen LogP contribution in [-0.2, 0) is 6.54 Å². The Bertz CT molecular complexity index is 777. The van der Waals surface area contributed by atoms with Gasteiger partial charge in [-0.1, -0.05) is 30.3 Å². The fraction of sp³-hybridized carbons (Fsp3) is 0.435. The molecule has 0 amide bonds. The molecule has 2 aromatic rings. The van der Waals surface area contributed by atoms with Crippen LogP contribution < -0.4 is 20.1 Å². The lowest BCUT2D eigenvalue weighted by atomic mass is 10.1. The zero-order valence-electron chi connectivity index (χ0n) is 17.8. The largest absolute Gasteiger partial charge is 0.494 e. The van der Waals surface area contributed by atoms with Gasteiger partial charge in [-0.3, -0.25) is 0 Å². The van der Waals surface area contributed by atoms with Gasteiger partial charge in [-0.05, 0) is 51.5 Å². The van der Waals surface area contributed by atoms with E-state index >= 15 is 0 Å². The Morgan fingerprint density at radius 1 is 1.07 bits per heavy atom. The third-order valence-electron chi connectivity index (χ3n) is 4.10. The summed E-state index contributed by atoms with van der Waals surface area (Å²) >= 11 is 0. The van der Waals surface area contributed by atoms with Crippen molar-refractivity contribution in [1.29, 1.82) is 0 Å². The lowest BCUT2D eigenvalue weighted by molar-refractivity contribution is 0.179. The minimum Gasteiger partial charge on any atom is -0.494 e. The summed E-state index contributed by atoms with van der Waals surface area (Å²) in [6.07, 6.45) is -0.585. The van der Waals surface area contributed by atoms with E-state index in [0.29, 0.717) is 25.7 Å². The van der Waals surface area contributed by atoms with Crippen LogP contribution in [0.3, 0.4) is 0 Å². The molecule has 1 unspecified atom stereocenters. The van der Waals surface area contributed by atoms with Crippen LogP contribution >= 0.6 is 0 Å². The molecule has 29 heavy (non-hydrogen) atoms. The smallest absolute Gasteiger partial charge is 0.191 e. The quantitative estimate of drug-likeness (QED) is 0.420. The predicted molar refractivity (Wildman–Crippen MR) is 118 cm³/mol. The molecule has 0 saturated carbocycles. The number of hydrogen-bond donors (Lipinski definition) is 3. The van der Waals surface area contributed by atoms with Crippen molar-refractivity contribution in [1.82, 2.24) is 10.6 Å². The fourth-order valence-corrected chi connectivity index (χ4v) is 2.82. The monoisotopic (exact) mass is 399 g/mol. The van der Waals surface area contributed by atoms with Gasteiger partial charge in [0.2, 0.25) is 0 Å². The van der Waals surface area contributed by atoms with Gasteiger partial charge in [0.05, 0.1) is 25.4 Å². The molecule has 3 N–H and O–H groups in total. The Labute approximate surface area is 174 Å². The highest BCUT2D eigenvalue weighted by molar-refractivity contribution is 5.79. The van der Waals surface area contributed by atoms with Crippen LogP contribution in [0.4, 0.5) is 0 Å². The third kappa shape index (κ3) is 7.66. The van der Waals surface area contributed by atoms with Crippen LogP contribution in [0.1, 0.15) is 44.9 Å². The van der Waals surface area contributed by atoms with E-state index in [0.717, 1.165) is 29.2 Å². The third-order valence-corrected chi connectivity index (χ3v) is 4.10. The zero-order valence-corrected chi connectivity index (χ0v) is 17.8. The second-order valence-corrected chi connectivity index (χ2v) is 6.87. The van der Waals surface area contributed by atoms with Gasteiger partial charge < -0.3 is 25.2 Å². The number of nitrogens with zero attached hydrogens (tertiary/aromatic N) is 1. The molecular weight excluding hydrogens is 366 g/mol. The lowest BCUT2D eigenvalue weighted by Crippen LogP contribution is -2.39. The van der Waals surface area contributed by atoms with Gasteiger partial charge in [0.25, 0.3) is 0 Å². The van der Waals surface area contributed by atoms with Crippen molar-refractivity contribution in [3.8, 4) is 11.5 Å². The minimum atomic E-state index is -0.676. The number of para-hydroxylation sites is 1. The maximum absolute atomic E-state index is 10.6. The summed E-state index contributed by atoms with van der Waals surface area (Å²) in [4.78, 5) is 4.63. The van der Waals surface area contributed by atoms with E-state index in [9.17, 15) is 5.11 Å². The molecule has 0 spiro atoms. The standard InChI is InChI=1S/C23H33N3O3/c1-5-24-23(25-15-19-10-7-8-13-22(19)28-6-2)26-16-21(27)18-11-9-12-20(14-18)29-17(3)4/h7-14,17,21,27H,5-6,15-16H2,1-4H3,(H2,24,25,26). The number of aliphatic hydroxyl groups excluding tert-OH is 1. The Balaban J connectivity index is 2.01. The van der Waals surface area contributed by atoms with Gasteiger partial charge in [0.1, 0.15) is 11.5 Å². The Morgan fingerprint density at radius 2 is 1.86 bits per heavy atom. The first-order chi connectivity index (χ1) is 14.0. The Hall–Kier alpha value is -2.73. The van der Waals surface area contributed by atoms with Crippen LogP contribution in [0, 0.1) is 0 Å². The second-order valence-electron chi connectivity index (χ2n) is 6.87. The summed E-state index contributed by atoms with van der Waals surface area (Å²) in [7, 11) is 0. The molecule has 0 heterocycles. The van der Waals surface area contributed by atoms with Gasteiger partial charge in [0, 0.05) is 18.7 Å². The van der Waals surface area contributed by atoms with Gasteiger partial charge in [-0.2, -0.15) is 0 Å². The number of ether oxygens (including phenoxy) is 2. The highest BCUT2D eigenvalue weighted by Crippen LogP contribution is 2.20. The highest BCUT2D eigenvalue weighted by atomic mass is 16.5. The van der Waals surface area contributed by atoms with Crippen molar-refractivity contribution >= 4 is 5.96 Å². The number of nitrogens with one attached hydrogen (secondary N) is 2. The number of guanidine groups is 1. The van der Waals surface area contributed by atoms with Gasteiger partial charge in [-0.15, -0.1) is 0 Å². The second kappa shape index (κ2) is 12.0. The molecule has 0 fully saturated rings. The van der Waals surface area contributed by atoms with Crippen LogP contribution in [0.5, 0.6) is 11.5 Å². The maximum atomic E-state index is 10.6. The first-order valence-electron chi connectivity index (χ1n) is 10.2. The van der Waals surface area contributed by atoms with E-state index in [1.807, 2.05) is 76.2 Å². The Kier molecular flexibility index (Phi) is 9.31. The summed E-state index contributed by atoms with van der Waals surface area (Å²) in [6, 6.07) is 15.4. The Morgan fingerprint density at radius 3 is 2.59 bits per heavy atom. The molecule has 0 radical (unpaired) electrons. The fourth-order valence-electron chi connectivity index (χ4n) is 2.82. The van der Waals surface area contributed by atoms with Crippen LogP contribution in [0.25, 0.3) is 0 Å². The van der Waals surface area contributed by atoms with Crippen LogP contribution in [0.2, 0.25) is 0 Å². The zero-order chi connectivity index (χ0) is 21.1. The molecule has 0 aliphatic carbocycles. The number of rotatable bonds is 10. The predicted octanol–water partition coefficient (Wildman–Crippen LogP) is 3.66. The molecule has 2 aromatic carbocycles. The summed E-state index contributed by atoms with van der Waals surface area (Å²) in [5, 5.41) is 17.0. The first kappa shape index (κ1) is 22.6. The number of aliphatic imine (C=N–C) groups is 1. The average Bonchev–Trinajstić information content (AvgIpc) is 2.70. The molecule has 0 aliphatic heterocycles. The molecule has 1 atom stereocenters. The average molecular weight is 400 g/mol. The SMILES string of the molecule is CCNC(=NCc1ccccc1OCC)NCC(O)c1cccc(OC(C)C)c1. The van der Waals surface area contributed by atoms with E-state index in [2.05, 4.69) is 15.6 Å². The molecule has 6 heteroatoms. The summed E-state index contributed by atoms with van der Waals surface area (Å²) in [5.41, 5.74) is 1.82. The summed E-state index contributed by atoms with van der Waals surface area (Å²) < 4.78 is 11.4. The first-order valence-corrected chi connectivity index (χ1v) is 10.2. The van der Waals surface area contributed by atoms with Crippen molar-refractivity contribution in [2.75, 3.05) is 19.7 Å². The van der Waals surface area contributed by atoms with Gasteiger partial charge in [0.15, 0.2) is 5.96 Å². The van der Waals surface area contributed by atoms with E-state index in [1.54, 1.807) is 0 Å². The molecule has 0 saturated heterocycles. The molecule has 0 aliphatic rings.